The topological polar surface area (TPSA) is 119 Å². The van der Waals surface area contributed by atoms with Gasteiger partial charge in [0.1, 0.15) is 6.20 Å². The number of nitrogens with zero attached hydrogens (tertiary/aromatic N) is 2. The van der Waals surface area contributed by atoms with Crippen LogP contribution in [0.25, 0.3) is 0 Å². The summed E-state index contributed by atoms with van der Waals surface area (Å²) in [5.41, 5.74) is 0.222. The van der Waals surface area contributed by atoms with Gasteiger partial charge in [0, 0.05) is 11.8 Å². The number of nitro groups is 1. The normalized spacial score (nSPS) is 11.1. The minimum atomic E-state index is -3.33. The largest absolute Gasteiger partial charge is 0.345 e. The van der Waals surface area contributed by atoms with E-state index in [-0.39, 0.29) is 20.6 Å². The first-order valence-electron chi connectivity index (χ1n) is 5.49. The van der Waals surface area contributed by atoms with Crippen molar-refractivity contribution < 1.29 is 18.1 Å². The Morgan fingerprint density at radius 3 is 2.43 bits per heavy atom. The fourth-order valence-corrected chi connectivity index (χ4v) is 2.69. The third-order valence-electron chi connectivity index (χ3n) is 2.44. The highest BCUT2D eigenvalue weighted by Crippen LogP contribution is 2.25. The first-order chi connectivity index (χ1) is 9.77. The van der Waals surface area contributed by atoms with Crippen LogP contribution < -0.4 is 5.32 Å². The van der Waals surface area contributed by atoms with Gasteiger partial charge in [0.25, 0.3) is 5.91 Å². The summed E-state index contributed by atoms with van der Waals surface area (Å²) in [5, 5.41) is 12.8. The van der Waals surface area contributed by atoms with Crippen molar-refractivity contribution in [3.8, 4) is 0 Å². The molecule has 0 aliphatic rings. The number of hydrogen-bond acceptors (Lipinski definition) is 7. The Kier molecular flexibility index (Phi) is 4.00. The first kappa shape index (κ1) is 15.1. The maximum absolute atomic E-state index is 11.9. The summed E-state index contributed by atoms with van der Waals surface area (Å²) in [4.78, 5) is 25.6. The van der Waals surface area contributed by atoms with Gasteiger partial charge in [-0.3, -0.25) is 20.2 Å². The van der Waals surface area contributed by atoms with Gasteiger partial charge in [-0.05, 0) is 35.6 Å². The molecule has 110 valence electrons. The van der Waals surface area contributed by atoms with Crippen LogP contribution in [0.1, 0.15) is 10.4 Å². The van der Waals surface area contributed by atoms with E-state index >= 15 is 0 Å². The average molecular weight is 327 g/mol. The van der Waals surface area contributed by atoms with Crippen LogP contribution in [0, 0.1) is 10.1 Å². The highest BCUT2D eigenvalue weighted by Gasteiger charge is 2.15. The maximum atomic E-state index is 11.9. The minimum Gasteiger partial charge on any atom is -0.298 e. The van der Waals surface area contributed by atoms with Crippen molar-refractivity contribution in [2.75, 3.05) is 11.6 Å². The second kappa shape index (κ2) is 5.58. The molecule has 1 N–H and O–H groups in total. The van der Waals surface area contributed by atoms with Gasteiger partial charge in [-0.1, -0.05) is 0 Å². The summed E-state index contributed by atoms with van der Waals surface area (Å²) in [5.74, 6) is -0.528. The molecule has 0 aliphatic heterocycles. The van der Waals surface area contributed by atoms with E-state index in [4.69, 9.17) is 0 Å². The molecule has 0 bridgehead atoms. The third kappa shape index (κ3) is 3.61. The lowest BCUT2D eigenvalue weighted by molar-refractivity contribution is -0.380. The monoisotopic (exact) mass is 327 g/mol. The fourth-order valence-electron chi connectivity index (χ4n) is 1.43. The maximum Gasteiger partial charge on any atom is 0.345 e. The van der Waals surface area contributed by atoms with Crippen molar-refractivity contribution in [2.45, 2.75) is 4.90 Å². The average Bonchev–Trinajstić information content (AvgIpc) is 2.86. The van der Waals surface area contributed by atoms with Crippen molar-refractivity contribution in [2.24, 2.45) is 0 Å². The number of benzene rings is 1. The predicted molar refractivity (Wildman–Crippen MR) is 76.3 cm³/mol. The van der Waals surface area contributed by atoms with Crippen molar-refractivity contribution in [1.82, 2.24) is 4.98 Å². The molecule has 0 unspecified atom stereocenters. The number of carbonyl (C=O) groups is 1. The summed E-state index contributed by atoms with van der Waals surface area (Å²) < 4.78 is 22.6. The van der Waals surface area contributed by atoms with Crippen LogP contribution >= 0.6 is 11.3 Å². The molecule has 1 aromatic carbocycles. The van der Waals surface area contributed by atoms with Crippen molar-refractivity contribution in [3.63, 3.8) is 0 Å². The summed E-state index contributed by atoms with van der Waals surface area (Å²) >= 11 is 0.733. The van der Waals surface area contributed by atoms with Gasteiger partial charge >= 0.3 is 5.00 Å². The van der Waals surface area contributed by atoms with Crippen LogP contribution in [0.15, 0.2) is 35.4 Å². The van der Waals surface area contributed by atoms with E-state index in [0.29, 0.717) is 0 Å². The number of nitrogens with one attached hydrogen (secondary N) is 1. The van der Waals surface area contributed by atoms with Gasteiger partial charge in [-0.25, -0.2) is 13.4 Å². The lowest BCUT2D eigenvalue weighted by Crippen LogP contribution is -2.11. The zero-order chi connectivity index (χ0) is 15.6. The SMILES string of the molecule is CS(=O)(=O)c1ccc(C(=O)Nc2ncc([N+](=O)[O-])s2)cc1. The Bertz CT molecular complexity index is 796. The van der Waals surface area contributed by atoms with Crippen LogP contribution in [0.4, 0.5) is 10.1 Å². The Balaban J connectivity index is 2.14. The molecule has 10 heteroatoms. The number of amides is 1. The molecule has 1 aromatic heterocycles. The van der Waals surface area contributed by atoms with Crippen LogP contribution in [0.2, 0.25) is 0 Å². The van der Waals surface area contributed by atoms with Crippen LogP contribution in [-0.2, 0) is 9.84 Å². The summed E-state index contributed by atoms with van der Waals surface area (Å²) in [7, 11) is -3.33. The van der Waals surface area contributed by atoms with Gasteiger partial charge in [-0.15, -0.1) is 0 Å². The summed E-state index contributed by atoms with van der Waals surface area (Å²) in [6.45, 7) is 0. The molecule has 0 atom stereocenters. The number of carbonyl (C=O) groups excluding carboxylic acids is 1. The zero-order valence-corrected chi connectivity index (χ0v) is 12.3. The molecule has 0 fully saturated rings. The van der Waals surface area contributed by atoms with E-state index in [9.17, 15) is 23.3 Å². The summed E-state index contributed by atoms with van der Waals surface area (Å²) in [6, 6.07) is 5.34. The molecule has 0 saturated heterocycles. The van der Waals surface area contributed by atoms with Gasteiger partial charge in [-0.2, -0.15) is 0 Å². The van der Waals surface area contributed by atoms with Gasteiger partial charge < -0.3 is 0 Å². The first-order valence-corrected chi connectivity index (χ1v) is 8.20. The molecular formula is C11H9N3O5S2. The predicted octanol–water partition coefficient (Wildman–Crippen LogP) is 1.71. The Hall–Kier alpha value is -2.33. The highest BCUT2D eigenvalue weighted by atomic mass is 32.2. The number of anilines is 1. The van der Waals surface area contributed by atoms with Crippen molar-refractivity contribution in [3.05, 3.63) is 46.1 Å². The third-order valence-corrected chi connectivity index (χ3v) is 4.43. The molecule has 0 radical (unpaired) electrons. The molecule has 0 spiro atoms. The van der Waals surface area contributed by atoms with Crippen molar-refractivity contribution >= 4 is 37.2 Å². The number of aromatic nitrogens is 1. The molecule has 21 heavy (non-hydrogen) atoms. The molecule has 8 nitrogen and oxygen atoms in total. The van der Waals surface area contributed by atoms with E-state index in [1.54, 1.807) is 0 Å². The Labute approximate surface area is 123 Å². The Morgan fingerprint density at radius 2 is 1.95 bits per heavy atom. The standard InChI is InChI=1S/C11H9N3O5S2/c1-21(18,19)8-4-2-7(3-5-8)10(15)13-11-12-6-9(20-11)14(16)17/h2-6H,1H3,(H,12,13,15). The fraction of sp³-hybridized carbons (Fsp3) is 0.0909. The number of thiazole rings is 1. The molecule has 1 heterocycles. The second-order valence-electron chi connectivity index (χ2n) is 4.01. The van der Waals surface area contributed by atoms with Crippen molar-refractivity contribution in [1.29, 1.82) is 0 Å². The second-order valence-corrected chi connectivity index (χ2v) is 7.04. The van der Waals surface area contributed by atoms with Gasteiger partial charge in [0.2, 0.25) is 0 Å². The minimum absolute atomic E-state index is 0.0962. The quantitative estimate of drug-likeness (QED) is 0.674. The van der Waals surface area contributed by atoms with Crippen LogP contribution in [0.5, 0.6) is 0 Å². The molecule has 2 aromatic rings. The Morgan fingerprint density at radius 1 is 1.33 bits per heavy atom. The molecular weight excluding hydrogens is 318 g/mol. The van der Waals surface area contributed by atoms with Gasteiger partial charge in [0.15, 0.2) is 15.0 Å². The van der Waals surface area contributed by atoms with E-state index in [1.807, 2.05) is 0 Å². The van der Waals surface area contributed by atoms with Crippen LogP contribution in [0.3, 0.4) is 0 Å². The number of sulfone groups is 1. The summed E-state index contributed by atoms with van der Waals surface area (Å²) in [6.07, 6.45) is 2.11. The zero-order valence-electron chi connectivity index (χ0n) is 10.6. The van der Waals surface area contributed by atoms with E-state index in [1.165, 1.54) is 24.3 Å². The molecule has 0 saturated carbocycles. The van der Waals surface area contributed by atoms with Gasteiger partial charge in [0.05, 0.1) is 9.82 Å². The van der Waals surface area contributed by atoms with E-state index < -0.39 is 20.7 Å². The number of rotatable bonds is 4. The molecule has 0 aliphatic carbocycles. The smallest absolute Gasteiger partial charge is 0.298 e. The van der Waals surface area contributed by atoms with E-state index in [0.717, 1.165) is 23.8 Å². The van der Waals surface area contributed by atoms with E-state index in [2.05, 4.69) is 10.3 Å². The molecule has 2 rings (SSSR count). The number of hydrogen-bond donors (Lipinski definition) is 1. The lowest BCUT2D eigenvalue weighted by atomic mass is 10.2. The lowest BCUT2D eigenvalue weighted by Gasteiger charge is -2.02. The molecule has 1 amide bonds. The highest BCUT2D eigenvalue weighted by molar-refractivity contribution is 7.90. The van der Waals surface area contributed by atoms with Crippen LogP contribution in [-0.4, -0.2) is 30.5 Å².